The monoisotopic (exact) mass is 213 g/mol. The molecule has 0 spiro atoms. The van der Waals surface area contributed by atoms with Gasteiger partial charge in [-0.05, 0) is 38.0 Å². The van der Waals surface area contributed by atoms with Gasteiger partial charge in [0.05, 0.1) is 6.10 Å². The molecule has 2 unspecified atom stereocenters. The first kappa shape index (κ1) is 10.9. The molecule has 1 saturated carbocycles. The maximum Gasteiger partial charge on any atom is 0.323 e. The molecule has 0 aromatic rings. The quantitative estimate of drug-likeness (QED) is 0.703. The molecule has 4 heteroatoms. The zero-order chi connectivity index (χ0) is 10.7. The summed E-state index contributed by atoms with van der Waals surface area (Å²) in [5.74, 6) is 0.108. The second-order valence-electron chi connectivity index (χ2n) is 4.48. The molecule has 1 aliphatic carbocycles. The van der Waals surface area contributed by atoms with Crippen LogP contribution in [-0.4, -0.2) is 31.3 Å². The summed E-state index contributed by atoms with van der Waals surface area (Å²) in [7, 11) is 0. The number of hydrogen-bond donors (Lipinski definition) is 1. The first-order valence-electron chi connectivity index (χ1n) is 5.81. The molecule has 86 valence electrons. The van der Waals surface area contributed by atoms with Crippen molar-refractivity contribution in [1.29, 1.82) is 0 Å². The van der Waals surface area contributed by atoms with E-state index in [-0.39, 0.29) is 12.1 Å². The van der Waals surface area contributed by atoms with Gasteiger partial charge in [0.2, 0.25) is 0 Å². The van der Waals surface area contributed by atoms with E-state index in [9.17, 15) is 4.79 Å². The minimum Gasteiger partial charge on any atom is -0.462 e. The van der Waals surface area contributed by atoms with E-state index in [0.29, 0.717) is 12.5 Å². The molecule has 2 rings (SSSR count). The Bertz CT molecular complexity index is 222. The van der Waals surface area contributed by atoms with Gasteiger partial charge in [-0.1, -0.05) is 0 Å². The average Bonchev–Trinajstić information content (AvgIpc) is 3.10. The molecule has 2 atom stereocenters. The first-order chi connectivity index (χ1) is 7.27. The first-order valence-corrected chi connectivity index (χ1v) is 5.81. The van der Waals surface area contributed by atoms with Crippen LogP contribution in [0.2, 0.25) is 0 Å². The van der Waals surface area contributed by atoms with Gasteiger partial charge >= 0.3 is 5.97 Å². The van der Waals surface area contributed by atoms with Gasteiger partial charge < -0.3 is 15.2 Å². The molecular formula is C11H19NO3. The highest BCUT2D eigenvalue weighted by molar-refractivity contribution is 5.76. The van der Waals surface area contributed by atoms with Crippen LogP contribution < -0.4 is 5.73 Å². The van der Waals surface area contributed by atoms with E-state index in [4.69, 9.17) is 15.2 Å². The van der Waals surface area contributed by atoms with Crippen LogP contribution in [0, 0.1) is 5.92 Å². The Morgan fingerprint density at radius 2 is 2.20 bits per heavy atom. The lowest BCUT2D eigenvalue weighted by Crippen LogP contribution is -2.36. The van der Waals surface area contributed by atoms with Gasteiger partial charge in [0.25, 0.3) is 0 Å². The predicted molar refractivity (Wildman–Crippen MR) is 55.2 cm³/mol. The standard InChI is InChI=1S/C11H19NO3/c12-10(8-4-5-8)11(13)15-7-9-3-1-2-6-14-9/h8-10H,1-7,12H2. The molecule has 1 aliphatic heterocycles. The number of rotatable bonds is 4. The minimum atomic E-state index is -0.409. The van der Waals surface area contributed by atoms with Gasteiger partial charge in [-0.2, -0.15) is 0 Å². The molecule has 0 bridgehead atoms. The topological polar surface area (TPSA) is 61.6 Å². The van der Waals surface area contributed by atoms with E-state index >= 15 is 0 Å². The second-order valence-corrected chi connectivity index (χ2v) is 4.48. The average molecular weight is 213 g/mol. The molecule has 2 N–H and O–H groups in total. The van der Waals surface area contributed by atoms with Crippen LogP contribution in [0.3, 0.4) is 0 Å². The van der Waals surface area contributed by atoms with Crippen molar-refractivity contribution >= 4 is 5.97 Å². The molecule has 15 heavy (non-hydrogen) atoms. The number of carbonyl (C=O) groups is 1. The van der Waals surface area contributed by atoms with Gasteiger partial charge in [0.1, 0.15) is 12.6 Å². The van der Waals surface area contributed by atoms with Crippen molar-refractivity contribution < 1.29 is 14.3 Å². The molecule has 1 saturated heterocycles. The summed E-state index contributed by atoms with van der Waals surface area (Å²) in [6, 6.07) is -0.409. The van der Waals surface area contributed by atoms with E-state index in [1.54, 1.807) is 0 Å². The van der Waals surface area contributed by atoms with Gasteiger partial charge in [-0.25, -0.2) is 0 Å². The number of carbonyl (C=O) groups excluding carboxylic acids is 1. The van der Waals surface area contributed by atoms with Crippen molar-refractivity contribution in [2.75, 3.05) is 13.2 Å². The lowest BCUT2D eigenvalue weighted by molar-refractivity contribution is -0.151. The molecule has 0 radical (unpaired) electrons. The van der Waals surface area contributed by atoms with Crippen LogP contribution in [0.4, 0.5) is 0 Å². The van der Waals surface area contributed by atoms with Crippen LogP contribution in [0.25, 0.3) is 0 Å². The van der Waals surface area contributed by atoms with E-state index < -0.39 is 6.04 Å². The van der Waals surface area contributed by atoms with Crippen LogP contribution in [-0.2, 0) is 14.3 Å². The van der Waals surface area contributed by atoms with Crippen LogP contribution in [0.15, 0.2) is 0 Å². The zero-order valence-corrected chi connectivity index (χ0v) is 8.98. The Hall–Kier alpha value is -0.610. The zero-order valence-electron chi connectivity index (χ0n) is 8.98. The maximum absolute atomic E-state index is 11.5. The highest BCUT2D eigenvalue weighted by Gasteiger charge is 2.34. The third kappa shape index (κ3) is 3.18. The fourth-order valence-corrected chi connectivity index (χ4v) is 1.86. The Balaban J connectivity index is 1.65. The number of ether oxygens (including phenoxy) is 2. The van der Waals surface area contributed by atoms with E-state index in [1.807, 2.05) is 0 Å². The minimum absolute atomic E-state index is 0.0918. The van der Waals surface area contributed by atoms with Crippen molar-refractivity contribution in [2.45, 2.75) is 44.2 Å². The third-order valence-corrected chi connectivity index (χ3v) is 3.09. The number of hydrogen-bond acceptors (Lipinski definition) is 4. The van der Waals surface area contributed by atoms with Crippen molar-refractivity contribution in [2.24, 2.45) is 11.7 Å². The van der Waals surface area contributed by atoms with Gasteiger partial charge in [0.15, 0.2) is 0 Å². The molecule has 0 aromatic carbocycles. The van der Waals surface area contributed by atoms with Crippen LogP contribution >= 0.6 is 0 Å². The van der Waals surface area contributed by atoms with E-state index in [2.05, 4.69) is 0 Å². The molecule has 1 heterocycles. The maximum atomic E-state index is 11.5. The lowest BCUT2D eigenvalue weighted by atomic mass is 10.1. The van der Waals surface area contributed by atoms with E-state index in [0.717, 1.165) is 38.7 Å². The highest BCUT2D eigenvalue weighted by atomic mass is 16.6. The van der Waals surface area contributed by atoms with Gasteiger partial charge in [0, 0.05) is 6.61 Å². The summed E-state index contributed by atoms with van der Waals surface area (Å²) < 4.78 is 10.6. The van der Waals surface area contributed by atoms with Crippen LogP contribution in [0.1, 0.15) is 32.1 Å². The summed E-state index contributed by atoms with van der Waals surface area (Å²) in [6.45, 7) is 1.16. The summed E-state index contributed by atoms with van der Waals surface area (Å²) >= 11 is 0. The normalized spacial score (nSPS) is 28.5. The summed E-state index contributed by atoms with van der Waals surface area (Å²) in [4.78, 5) is 11.5. The summed E-state index contributed by atoms with van der Waals surface area (Å²) in [5, 5.41) is 0. The molecule has 0 amide bonds. The second kappa shape index (κ2) is 4.94. The Morgan fingerprint density at radius 3 is 2.80 bits per heavy atom. The molecule has 2 fully saturated rings. The van der Waals surface area contributed by atoms with Crippen molar-refractivity contribution in [3.63, 3.8) is 0 Å². The summed E-state index contributed by atoms with van der Waals surface area (Å²) in [5.41, 5.74) is 5.72. The number of nitrogens with two attached hydrogens (primary N) is 1. The molecule has 0 aromatic heterocycles. The lowest BCUT2D eigenvalue weighted by Gasteiger charge is -2.22. The molecule has 4 nitrogen and oxygen atoms in total. The smallest absolute Gasteiger partial charge is 0.323 e. The van der Waals surface area contributed by atoms with Gasteiger partial charge in [-0.3, -0.25) is 4.79 Å². The Kier molecular flexibility index (Phi) is 3.59. The predicted octanol–water partition coefficient (Wildman–Crippen LogP) is 0.836. The SMILES string of the molecule is NC(C(=O)OCC1CCCCO1)C1CC1. The summed E-state index contributed by atoms with van der Waals surface area (Å²) in [6.07, 6.45) is 5.50. The van der Waals surface area contributed by atoms with Crippen molar-refractivity contribution in [1.82, 2.24) is 0 Å². The molecular weight excluding hydrogens is 194 g/mol. The number of esters is 1. The molecule has 2 aliphatic rings. The van der Waals surface area contributed by atoms with Gasteiger partial charge in [-0.15, -0.1) is 0 Å². The fraction of sp³-hybridized carbons (Fsp3) is 0.909. The Morgan fingerprint density at radius 1 is 1.40 bits per heavy atom. The highest BCUT2D eigenvalue weighted by Crippen LogP contribution is 2.32. The fourth-order valence-electron chi connectivity index (χ4n) is 1.86. The largest absolute Gasteiger partial charge is 0.462 e. The van der Waals surface area contributed by atoms with E-state index in [1.165, 1.54) is 0 Å². The Labute approximate surface area is 90.1 Å². The van der Waals surface area contributed by atoms with Crippen molar-refractivity contribution in [3.8, 4) is 0 Å². The van der Waals surface area contributed by atoms with Crippen molar-refractivity contribution in [3.05, 3.63) is 0 Å². The third-order valence-electron chi connectivity index (χ3n) is 3.09. The van der Waals surface area contributed by atoms with Crippen LogP contribution in [0.5, 0.6) is 0 Å².